The molecule has 0 aliphatic carbocycles. The molecule has 0 saturated carbocycles. The summed E-state index contributed by atoms with van der Waals surface area (Å²) < 4.78 is 5.57. The molecule has 1 aliphatic heterocycles. The predicted octanol–water partition coefficient (Wildman–Crippen LogP) is 1.11. The number of ether oxygens (including phenoxy) is 1. The van der Waals surface area contributed by atoms with Crippen LogP contribution in [0.15, 0.2) is 30.3 Å². The van der Waals surface area contributed by atoms with Gasteiger partial charge in [0, 0.05) is 19.6 Å². The van der Waals surface area contributed by atoms with Gasteiger partial charge >= 0.3 is 0 Å². The number of carbonyl (C=O) groups excluding carboxylic acids is 1. The van der Waals surface area contributed by atoms with E-state index in [1.54, 1.807) is 0 Å². The summed E-state index contributed by atoms with van der Waals surface area (Å²) in [5, 5.41) is 6.15. The van der Waals surface area contributed by atoms with Gasteiger partial charge in [0.15, 0.2) is 5.60 Å². The zero-order valence-electron chi connectivity index (χ0n) is 11.4. The van der Waals surface area contributed by atoms with E-state index in [4.69, 9.17) is 4.74 Å². The highest BCUT2D eigenvalue weighted by atomic mass is 16.5. The Morgan fingerprint density at radius 1 is 1.42 bits per heavy atom. The molecule has 2 N–H and O–H groups in total. The van der Waals surface area contributed by atoms with Crippen molar-refractivity contribution in [2.75, 3.05) is 26.2 Å². The highest BCUT2D eigenvalue weighted by Crippen LogP contribution is 2.12. The van der Waals surface area contributed by atoms with E-state index in [1.807, 2.05) is 25.1 Å². The molecule has 1 atom stereocenters. The second kappa shape index (κ2) is 6.68. The normalized spacial score (nSPS) is 23.0. The van der Waals surface area contributed by atoms with E-state index in [0.29, 0.717) is 19.7 Å². The van der Waals surface area contributed by atoms with Gasteiger partial charge < -0.3 is 15.4 Å². The van der Waals surface area contributed by atoms with Crippen molar-refractivity contribution in [2.45, 2.75) is 25.4 Å². The monoisotopic (exact) mass is 262 g/mol. The molecule has 4 nitrogen and oxygen atoms in total. The van der Waals surface area contributed by atoms with E-state index in [-0.39, 0.29) is 5.91 Å². The summed E-state index contributed by atoms with van der Waals surface area (Å²) >= 11 is 0. The number of hydrogen-bond donors (Lipinski definition) is 2. The van der Waals surface area contributed by atoms with Gasteiger partial charge in [0.2, 0.25) is 0 Å². The maximum absolute atomic E-state index is 12.1. The molecule has 1 fully saturated rings. The molecule has 104 valence electrons. The van der Waals surface area contributed by atoms with E-state index in [1.165, 1.54) is 5.56 Å². The predicted molar refractivity (Wildman–Crippen MR) is 75.0 cm³/mol. The van der Waals surface area contributed by atoms with Gasteiger partial charge in [0.05, 0.1) is 6.61 Å². The van der Waals surface area contributed by atoms with Gasteiger partial charge in [-0.15, -0.1) is 0 Å². The van der Waals surface area contributed by atoms with Crippen LogP contribution in [-0.2, 0) is 16.0 Å². The van der Waals surface area contributed by atoms with Crippen LogP contribution in [0.2, 0.25) is 0 Å². The minimum atomic E-state index is -0.717. The molecule has 4 heteroatoms. The van der Waals surface area contributed by atoms with Crippen molar-refractivity contribution >= 4 is 5.91 Å². The third-order valence-electron chi connectivity index (χ3n) is 3.41. The molecule has 1 amide bonds. The van der Waals surface area contributed by atoms with Gasteiger partial charge in [-0.05, 0) is 25.3 Å². The summed E-state index contributed by atoms with van der Waals surface area (Å²) in [6.07, 6.45) is 1.93. The van der Waals surface area contributed by atoms with Crippen molar-refractivity contribution in [3.8, 4) is 0 Å². The van der Waals surface area contributed by atoms with Crippen LogP contribution in [0, 0.1) is 0 Å². The highest BCUT2D eigenvalue weighted by molar-refractivity contribution is 5.85. The van der Waals surface area contributed by atoms with Gasteiger partial charge in [-0.25, -0.2) is 0 Å². The van der Waals surface area contributed by atoms with Crippen LogP contribution >= 0.6 is 0 Å². The van der Waals surface area contributed by atoms with Gasteiger partial charge in [-0.1, -0.05) is 30.3 Å². The second-order valence-electron chi connectivity index (χ2n) is 5.10. The number of rotatable bonds is 5. The Kier molecular flexibility index (Phi) is 4.93. The van der Waals surface area contributed by atoms with Crippen LogP contribution in [-0.4, -0.2) is 37.7 Å². The first-order valence-electron chi connectivity index (χ1n) is 6.88. The third-order valence-corrected chi connectivity index (χ3v) is 3.41. The van der Waals surface area contributed by atoms with Gasteiger partial charge in [0.25, 0.3) is 5.91 Å². The zero-order valence-corrected chi connectivity index (χ0v) is 11.4. The van der Waals surface area contributed by atoms with Crippen molar-refractivity contribution in [3.63, 3.8) is 0 Å². The third kappa shape index (κ3) is 4.04. The average molecular weight is 262 g/mol. The van der Waals surface area contributed by atoms with Gasteiger partial charge in [-0.3, -0.25) is 4.79 Å². The van der Waals surface area contributed by atoms with Gasteiger partial charge in [-0.2, -0.15) is 0 Å². The molecule has 0 aromatic heterocycles. The number of benzene rings is 1. The lowest BCUT2D eigenvalue weighted by Gasteiger charge is -2.32. The highest BCUT2D eigenvalue weighted by Gasteiger charge is 2.35. The largest absolute Gasteiger partial charge is 0.363 e. The molecule has 1 aliphatic rings. The summed E-state index contributed by atoms with van der Waals surface area (Å²) in [7, 11) is 0. The van der Waals surface area contributed by atoms with Crippen molar-refractivity contribution in [2.24, 2.45) is 0 Å². The van der Waals surface area contributed by atoms with Crippen molar-refractivity contribution in [1.29, 1.82) is 0 Å². The van der Waals surface area contributed by atoms with Crippen LogP contribution in [0.4, 0.5) is 0 Å². The topological polar surface area (TPSA) is 50.4 Å². The molecule has 0 bridgehead atoms. The lowest BCUT2D eigenvalue weighted by atomic mass is 10.0. The Labute approximate surface area is 114 Å². The Hall–Kier alpha value is -1.39. The summed E-state index contributed by atoms with van der Waals surface area (Å²) in [4.78, 5) is 12.1. The fourth-order valence-corrected chi connectivity index (χ4v) is 2.20. The zero-order chi connectivity index (χ0) is 13.6. The number of amides is 1. The molecule has 2 rings (SSSR count). The van der Waals surface area contributed by atoms with E-state index in [2.05, 4.69) is 22.8 Å². The summed E-state index contributed by atoms with van der Waals surface area (Å²) in [6.45, 7) is 4.51. The molecular weight excluding hydrogens is 240 g/mol. The van der Waals surface area contributed by atoms with Gasteiger partial charge in [0.1, 0.15) is 0 Å². The Bertz CT molecular complexity index is 400. The molecule has 19 heavy (non-hydrogen) atoms. The smallest absolute Gasteiger partial charge is 0.253 e. The van der Waals surface area contributed by atoms with Crippen molar-refractivity contribution in [3.05, 3.63) is 35.9 Å². The van der Waals surface area contributed by atoms with Crippen LogP contribution in [0.1, 0.15) is 18.9 Å². The molecule has 0 spiro atoms. The Balaban J connectivity index is 1.69. The van der Waals surface area contributed by atoms with Crippen LogP contribution < -0.4 is 10.6 Å². The number of nitrogens with one attached hydrogen (secondary N) is 2. The first-order valence-corrected chi connectivity index (χ1v) is 6.88. The van der Waals surface area contributed by atoms with E-state index >= 15 is 0 Å². The lowest BCUT2D eigenvalue weighted by molar-refractivity contribution is -0.147. The van der Waals surface area contributed by atoms with Crippen LogP contribution in [0.5, 0.6) is 0 Å². The summed E-state index contributed by atoms with van der Waals surface area (Å²) in [5.74, 6) is -0.0206. The fraction of sp³-hybridized carbons (Fsp3) is 0.533. The molecule has 1 aromatic carbocycles. The van der Waals surface area contributed by atoms with Crippen LogP contribution in [0.25, 0.3) is 0 Å². The molecule has 0 unspecified atom stereocenters. The van der Waals surface area contributed by atoms with Crippen molar-refractivity contribution < 1.29 is 9.53 Å². The summed E-state index contributed by atoms with van der Waals surface area (Å²) in [5.41, 5.74) is 0.587. The minimum Gasteiger partial charge on any atom is -0.363 e. The van der Waals surface area contributed by atoms with E-state index in [9.17, 15) is 4.79 Å². The number of hydrogen-bond acceptors (Lipinski definition) is 3. The Morgan fingerprint density at radius 3 is 2.89 bits per heavy atom. The quantitative estimate of drug-likeness (QED) is 0.782. The number of carbonyl (C=O) groups is 1. The number of morpholine rings is 1. The minimum absolute atomic E-state index is 0.0206. The van der Waals surface area contributed by atoms with Crippen LogP contribution in [0.3, 0.4) is 0 Å². The molecule has 0 radical (unpaired) electrons. The molecule has 1 saturated heterocycles. The second-order valence-corrected chi connectivity index (χ2v) is 5.10. The van der Waals surface area contributed by atoms with E-state index < -0.39 is 5.60 Å². The fourth-order valence-electron chi connectivity index (χ4n) is 2.20. The maximum Gasteiger partial charge on any atom is 0.253 e. The Morgan fingerprint density at radius 2 is 2.21 bits per heavy atom. The molecule has 1 heterocycles. The maximum atomic E-state index is 12.1. The van der Waals surface area contributed by atoms with Crippen molar-refractivity contribution in [1.82, 2.24) is 10.6 Å². The van der Waals surface area contributed by atoms with E-state index in [0.717, 1.165) is 19.4 Å². The average Bonchev–Trinajstić information content (AvgIpc) is 2.45. The lowest BCUT2D eigenvalue weighted by Crippen LogP contribution is -2.57. The molecular formula is C15H22N2O2. The standard InChI is InChI=1S/C15H22N2O2/c1-15(12-16-10-11-19-15)14(18)17-9-5-8-13-6-3-2-4-7-13/h2-4,6-7,16H,5,8-12H2,1H3,(H,17,18)/t15-/m1/s1. The first-order chi connectivity index (χ1) is 9.21. The summed E-state index contributed by atoms with van der Waals surface area (Å²) in [6, 6.07) is 10.3. The SMILES string of the molecule is C[C@]1(C(=O)NCCCc2ccccc2)CNCCO1. The first kappa shape index (κ1) is 14.0. The number of aryl methyl sites for hydroxylation is 1. The molecule has 1 aromatic rings.